The van der Waals surface area contributed by atoms with Gasteiger partial charge in [-0.15, -0.1) is 0 Å². The molecule has 0 atom stereocenters. The van der Waals surface area contributed by atoms with Gasteiger partial charge in [-0.3, -0.25) is 14.0 Å². The average Bonchev–Trinajstić information content (AvgIpc) is 3.33. The molecule has 0 saturated heterocycles. The van der Waals surface area contributed by atoms with Crippen LogP contribution in [0.4, 0.5) is 10.1 Å². The quantitative estimate of drug-likeness (QED) is 0.772. The number of anilines is 1. The first-order valence-electron chi connectivity index (χ1n) is 8.77. The molecule has 0 bridgehead atoms. The van der Waals surface area contributed by atoms with Gasteiger partial charge in [0.15, 0.2) is 5.78 Å². The van der Waals surface area contributed by atoms with E-state index in [2.05, 4.69) is 16.4 Å². The largest absolute Gasteiger partial charge is 0.318 e. The number of carbonyl (C=O) groups is 2. The van der Waals surface area contributed by atoms with Crippen LogP contribution in [0.1, 0.15) is 50.5 Å². The number of halogens is 1. The van der Waals surface area contributed by atoms with Crippen LogP contribution in [0.3, 0.4) is 0 Å². The zero-order valence-electron chi connectivity index (χ0n) is 14.0. The lowest BCUT2D eigenvalue weighted by molar-refractivity contribution is 0.0995. The maximum Gasteiger partial charge on any atom is 0.292 e. The molecule has 2 aromatic heterocycles. The zero-order chi connectivity index (χ0) is 17.8. The molecule has 2 aliphatic carbocycles. The van der Waals surface area contributed by atoms with Crippen molar-refractivity contribution in [3.63, 3.8) is 0 Å². The number of rotatable bonds is 2. The highest BCUT2D eigenvalue weighted by Gasteiger charge is 2.30. The van der Waals surface area contributed by atoms with E-state index in [0.717, 1.165) is 36.8 Å². The van der Waals surface area contributed by atoms with Gasteiger partial charge in [0.05, 0.1) is 11.9 Å². The van der Waals surface area contributed by atoms with Crippen molar-refractivity contribution in [2.75, 3.05) is 5.32 Å². The van der Waals surface area contributed by atoms with E-state index in [1.807, 2.05) is 0 Å². The molecule has 2 heterocycles. The first kappa shape index (κ1) is 15.3. The molecule has 0 unspecified atom stereocenters. The van der Waals surface area contributed by atoms with Crippen molar-refractivity contribution in [2.45, 2.75) is 32.1 Å². The molecule has 5 rings (SSSR count). The molecule has 2 aliphatic rings. The summed E-state index contributed by atoms with van der Waals surface area (Å²) in [5, 5.41) is 2.92. The van der Waals surface area contributed by atoms with Crippen LogP contribution in [-0.2, 0) is 19.3 Å². The summed E-state index contributed by atoms with van der Waals surface area (Å²) in [6.07, 6.45) is 6.99. The number of aryl methyl sites for hydroxylation is 2. The summed E-state index contributed by atoms with van der Waals surface area (Å²) in [7, 11) is 0. The van der Waals surface area contributed by atoms with E-state index in [0.29, 0.717) is 17.7 Å². The Bertz CT molecular complexity index is 1100. The average molecular weight is 349 g/mol. The van der Waals surface area contributed by atoms with Crippen molar-refractivity contribution in [2.24, 2.45) is 0 Å². The standard InChI is InChI=1S/C20H16FN3O2/c21-14-5-2-8-24-15(14)10-22-19(24)20(26)23-18-13-4-1-3-11(13)9-12-6-7-16(25)17(12)18/h2,5,8-10H,1,3-4,6-7H2,(H,23,26). The lowest BCUT2D eigenvalue weighted by Gasteiger charge is -2.15. The molecule has 3 aromatic rings. The summed E-state index contributed by atoms with van der Waals surface area (Å²) in [5.41, 5.74) is 4.82. The van der Waals surface area contributed by atoms with Crippen LogP contribution < -0.4 is 5.32 Å². The highest BCUT2D eigenvalue weighted by Crippen LogP contribution is 2.38. The molecule has 1 aromatic carbocycles. The molecule has 0 spiro atoms. The normalized spacial score (nSPS) is 15.3. The minimum Gasteiger partial charge on any atom is -0.318 e. The summed E-state index contributed by atoms with van der Waals surface area (Å²) in [5.74, 6) is -0.688. The second-order valence-corrected chi connectivity index (χ2v) is 6.85. The van der Waals surface area contributed by atoms with Gasteiger partial charge >= 0.3 is 0 Å². The summed E-state index contributed by atoms with van der Waals surface area (Å²) in [6.45, 7) is 0. The van der Waals surface area contributed by atoms with Gasteiger partial charge in [-0.05, 0) is 54.5 Å². The van der Waals surface area contributed by atoms with Gasteiger partial charge in [0.2, 0.25) is 5.82 Å². The summed E-state index contributed by atoms with van der Waals surface area (Å²) >= 11 is 0. The number of hydrogen-bond donors (Lipinski definition) is 1. The Hall–Kier alpha value is -3.02. The van der Waals surface area contributed by atoms with Gasteiger partial charge in [-0.2, -0.15) is 0 Å². The van der Waals surface area contributed by atoms with Crippen molar-refractivity contribution in [3.8, 4) is 0 Å². The summed E-state index contributed by atoms with van der Waals surface area (Å²) in [4.78, 5) is 29.4. The van der Waals surface area contributed by atoms with Crippen molar-refractivity contribution in [1.82, 2.24) is 9.38 Å². The monoisotopic (exact) mass is 349 g/mol. The van der Waals surface area contributed by atoms with E-state index in [4.69, 9.17) is 0 Å². The molecule has 5 nitrogen and oxygen atoms in total. The SMILES string of the molecule is O=C1CCc2cc3c(c(NC(=O)c4ncc5c(F)cccn45)c21)CCC3. The Kier molecular flexibility index (Phi) is 3.22. The van der Waals surface area contributed by atoms with Crippen LogP contribution >= 0.6 is 0 Å². The third-order valence-corrected chi connectivity index (χ3v) is 5.34. The lowest BCUT2D eigenvalue weighted by atomic mass is 9.98. The van der Waals surface area contributed by atoms with Crippen LogP contribution in [0.15, 0.2) is 30.6 Å². The van der Waals surface area contributed by atoms with Gasteiger partial charge in [0, 0.05) is 18.2 Å². The predicted molar refractivity (Wildman–Crippen MR) is 94.2 cm³/mol. The molecule has 1 N–H and O–H groups in total. The second-order valence-electron chi connectivity index (χ2n) is 6.85. The van der Waals surface area contributed by atoms with Gasteiger partial charge < -0.3 is 5.32 Å². The molecule has 26 heavy (non-hydrogen) atoms. The van der Waals surface area contributed by atoms with Crippen LogP contribution in [0.5, 0.6) is 0 Å². The third kappa shape index (κ3) is 2.11. The second kappa shape index (κ2) is 5.49. The minimum atomic E-state index is -0.435. The van der Waals surface area contributed by atoms with Crippen molar-refractivity contribution >= 4 is 22.9 Å². The Labute approximate surface area is 148 Å². The molecular formula is C20H16FN3O2. The van der Waals surface area contributed by atoms with Gasteiger partial charge in [-0.25, -0.2) is 9.37 Å². The number of imidazole rings is 1. The lowest BCUT2D eigenvalue weighted by Crippen LogP contribution is -2.19. The number of nitrogens with one attached hydrogen (secondary N) is 1. The molecule has 0 aliphatic heterocycles. The van der Waals surface area contributed by atoms with E-state index in [1.165, 1.54) is 28.3 Å². The topological polar surface area (TPSA) is 63.5 Å². The van der Waals surface area contributed by atoms with Crippen LogP contribution in [0.25, 0.3) is 5.52 Å². The number of carbonyl (C=O) groups excluding carboxylic acids is 2. The van der Waals surface area contributed by atoms with Gasteiger partial charge in [0.25, 0.3) is 5.91 Å². The van der Waals surface area contributed by atoms with Crippen molar-refractivity contribution < 1.29 is 14.0 Å². The number of nitrogens with zero attached hydrogens (tertiary/aromatic N) is 2. The third-order valence-electron chi connectivity index (χ3n) is 5.34. The van der Waals surface area contributed by atoms with Crippen molar-refractivity contribution in [3.05, 3.63) is 64.5 Å². The van der Waals surface area contributed by atoms with E-state index in [9.17, 15) is 14.0 Å². The first-order chi connectivity index (χ1) is 12.6. The fourth-order valence-electron chi connectivity index (χ4n) is 4.16. The predicted octanol–water partition coefficient (Wildman–Crippen LogP) is 3.34. The van der Waals surface area contributed by atoms with E-state index in [-0.39, 0.29) is 17.1 Å². The van der Waals surface area contributed by atoms with E-state index >= 15 is 0 Å². The molecular weight excluding hydrogens is 333 g/mol. The van der Waals surface area contributed by atoms with Crippen LogP contribution in [-0.4, -0.2) is 21.1 Å². The Morgan fingerprint density at radius 3 is 2.96 bits per heavy atom. The zero-order valence-corrected chi connectivity index (χ0v) is 14.0. The molecule has 1 amide bonds. The first-order valence-corrected chi connectivity index (χ1v) is 8.77. The Balaban J connectivity index is 1.61. The van der Waals surface area contributed by atoms with Crippen molar-refractivity contribution in [1.29, 1.82) is 0 Å². The number of amides is 1. The number of hydrogen-bond acceptors (Lipinski definition) is 3. The molecule has 130 valence electrons. The Morgan fingerprint density at radius 2 is 2.08 bits per heavy atom. The number of fused-ring (bicyclic) bond motifs is 3. The maximum atomic E-state index is 13.9. The van der Waals surface area contributed by atoms with Gasteiger partial charge in [-0.1, -0.05) is 6.07 Å². The fraction of sp³-hybridized carbons (Fsp3) is 0.250. The summed E-state index contributed by atoms with van der Waals surface area (Å²) < 4.78 is 15.3. The van der Waals surface area contributed by atoms with Crippen LogP contribution in [0.2, 0.25) is 0 Å². The molecule has 0 radical (unpaired) electrons. The smallest absolute Gasteiger partial charge is 0.292 e. The minimum absolute atomic E-state index is 0.0732. The molecule has 0 saturated carbocycles. The Morgan fingerprint density at radius 1 is 1.19 bits per heavy atom. The maximum absolute atomic E-state index is 13.9. The van der Waals surface area contributed by atoms with E-state index < -0.39 is 11.7 Å². The summed E-state index contributed by atoms with van der Waals surface area (Å²) in [6, 6.07) is 4.98. The number of Topliss-reactive ketones (excluding diaryl/α,β-unsaturated/α-hetero) is 1. The number of aromatic nitrogens is 2. The number of pyridine rings is 1. The van der Waals surface area contributed by atoms with E-state index in [1.54, 1.807) is 6.20 Å². The van der Waals surface area contributed by atoms with Gasteiger partial charge in [0.1, 0.15) is 11.3 Å². The molecule has 6 heteroatoms. The highest BCUT2D eigenvalue weighted by molar-refractivity contribution is 6.11. The van der Waals surface area contributed by atoms with Crippen LogP contribution in [0, 0.1) is 5.82 Å². The number of benzene rings is 1. The molecule has 0 fully saturated rings. The highest BCUT2D eigenvalue weighted by atomic mass is 19.1. The fourth-order valence-corrected chi connectivity index (χ4v) is 4.16. The number of ketones is 1.